The lowest BCUT2D eigenvalue weighted by Gasteiger charge is -2.29. The van der Waals surface area contributed by atoms with Gasteiger partial charge in [0.1, 0.15) is 0 Å². The van der Waals surface area contributed by atoms with Gasteiger partial charge in [-0.15, -0.1) is 0 Å². The van der Waals surface area contributed by atoms with Crippen LogP contribution in [0.3, 0.4) is 0 Å². The number of hydrogen-bond acceptors (Lipinski definition) is 3. The number of nitrogens with one attached hydrogen (secondary N) is 1. The molecule has 0 radical (unpaired) electrons. The first-order chi connectivity index (χ1) is 12.7. The van der Waals surface area contributed by atoms with Gasteiger partial charge in [-0.1, -0.05) is 55.5 Å². The Kier molecular flexibility index (Phi) is 9.15. The molecule has 1 aromatic carbocycles. The van der Waals surface area contributed by atoms with Crippen molar-refractivity contribution in [2.45, 2.75) is 51.0 Å². The second kappa shape index (κ2) is 11.7. The highest BCUT2D eigenvalue weighted by Gasteiger charge is 2.22. The van der Waals surface area contributed by atoms with E-state index in [-0.39, 0.29) is 5.91 Å². The van der Waals surface area contributed by atoms with Gasteiger partial charge in [0.2, 0.25) is 5.91 Å². The molecule has 142 valence electrons. The van der Waals surface area contributed by atoms with E-state index in [0.29, 0.717) is 38.1 Å². The Balaban J connectivity index is 1.64. The minimum atomic E-state index is -0.0226. The average Bonchev–Trinajstić information content (AvgIpc) is 2.69. The summed E-state index contributed by atoms with van der Waals surface area (Å²) in [7, 11) is 0. The molecule has 2 rings (SSSR count). The Hall–Kier alpha value is -1.91. The van der Waals surface area contributed by atoms with E-state index in [1.807, 2.05) is 25.2 Å². The predicted octanol–water partition coefficient (Wildman–Crippen LogP) is 3.70. The number of carbonyl (C=O) groups is 1. The maximum absolute atomic E-state index is 12.1. The number of ether oxygens (including phenoxy) is 1. The molecule has 1 aliphatic carbocycles. The summed E-state index contributed by atoms with van der Waals surface area (Å²) < 4.78 is 5.96. The lowest BCUT2D eigenvalue weighted by atomic mass is 9.83. The number of benzene rings is 1. The Morgan fingerprint density at radius 1 is 1.23 bits per heavy atom. The van der Waals surface area contributed by atoms with Gasteiger partial charge >= 0.3 is 0 Å². The Bertz CT molecular complexity index is 587. The molecule has 0 spiro atoms. The summed E-state index contributed by atoms with van der Waals surface area (Å²) >= 11 is 0. The lowest BCUT2D eigenvalue weighted by molar-refractivity contribution is -0.118. The zero-order chi connectivity index (χ0) is 18.6. The van der Waals surface area contributed by atoms with E-state index in [0.717, 1.165) is 18.4 Å². The first kappa shape index (κ1) is 20.4. The summed E-state index contributed by atoms with van der Waals surface area (Å²) in [5.41, 5.74) is 7.62. The Morgan fingerprint density at radius 3 is 2.62 bits per heavy atom. The van der Waals surface area contributed by atoms with Crippen LogP contribution in [0.5, 0.6) is 0 Å². The summed E-state index contributed by atoms with van der Waals surface area (Å²) in [5.74, 6) is 0.639. The van der Waals surface area contributed by atoms with Gasteiger partial charge in [-0.3, -0.25) is 4.79 Å². The van der Waals surface area contributed by atoms with Crippen LogP contribution in [0.4, 0.5) is 0 Å². The van der Waals surface area contributed by atoms with Gasteiger partial charge in [0, 0.05) is 18.7 Å². The van der Waals surface area contributed by atoms with E-state index in [4.69, 9.17) is 10.5 Å². The number of rotatable bonds is 9. The second-order valence-corrected chi connectivity index (χ2v) is 6.72. The minimum Gasteiger partial charge on any atom is -0.376 e. The maximum Gasteiger partial charge on any atom is 0.247 e. The van der Waals surface area contributed by atoms with Crippen LogP contribution in [0.2, 0.25) is 0 Å². The highest BCUT2D eigenvalue weighted by atomic mass is 16.5. The van der Waals surface area contributed by atoms with Crippen molar-refractivity contribution < 1.29 is 9.53 Å². The van der Waals surface area contributed by atoms with Gasteiger partial charge in [0.15, 0.2) is 0 Å². The number of carbonyl (C=O) groups excluding carboxylic acids is 1. The standard InChI is InChI=1S/C22H32N2O2/c1-2-18(8-6-7-15-23)22(25)24-16-17-26-21-13-11-20(12-14-21)19-9-4-3-5-10-19/h3-10,20-21H,2,11-17,23H2,1H3,(H,24,25)/b7-6-,18-8-. The Morgan fingerprint density at radius 2 is 1.96 bits per heavy atom. The van der Waals surface area contributed by atoms with Crippen molar-refractivity contribution >= 4 is 5.91 Å². The molecule has 1 amide bonds. The molecular weight excluding hydrogens is 324 g/mol. The van der Waals surface area contributed by atoms with E-state index in [2.05, 4.69) is 35.6 Å². The van der Waals surface area contributed by atoms with Gasteiger partial charge in [-0.05, 0) is 43.6 Å². The molecule has 26 heavy (non-hydrogen) atoms. The summed E-state index contributed by atoms with van der Waals surface area (Å²) in [6.07, 6.45) is 11.1. The monoisotopic (exact) mass is 356 g/mol. The smallest absolute Gasteiger partial charge is 0.247 e. The SMILES string of the molecule is CC/C(=C/C=C\CN)C(=O)NCCOC1CCC(c2ccccc2)CC1. The van der Waals surface area contributed by atoms with Crippen LogP contribution in [0.15, 0.2) is 54.1 Å². The van der Waals surface area contributed by atoms with Crippen molar-refractivity contribution in [3.8, 4) is 0 Å². The van der Waals surface area contributed by atoms with Crippen LogP contribution in [-0.4, -0.2) is 31.7 Å². The van der Waals surface area contributed by atoms with Gasteiger partial charge < -0.3 is 15.8 Å². The molecule has 0 aliphatic heterocycles. The molecule has 0 unspecified atom stereocenters. The van der Waals surface area contributed by atoms with Crippen LogP contribution >= 0.6 is 0 Å². The van der Waals surface area contributed by atoms with Gasteiger partial charge in [0.05, 0.1) is 12.7 Å². The van der Waals surface area contributed by atoms with Crippen molar-refractivity contribution in [1.82, 2.24) is 5.32 Å². The molecule has 0 atom stereocenters. The minimum absolute atomic E-state index is 0.0226. The quantitative estimate of drug-likeness (QED) is 0.403. The molecule has 0 bridgehead atoms. The van der Waals surface area contributed by atoms with Gasteiger partial charge in [0.25, 0.3) is 0 Å². The van der Waals surface area contributed by atoms with Gasteiger partial charge in [-0.25, -0.2) is 0 Å². The van der Waals surface area contributed by atoms with Crippen LogP contribution in [0, 0.1) is 0 Å². The molecule has 0 saturated heterocycles. The maximum atomic E-state index is 12.1. The molecule has 1 aromatic rings. The first-order valence-electron chi connectivity index (χ1n) is 9.75. The number of amides is 1. The van der Waals surface area contributed by atoms with Crippen molar-refractivity contribution in [2.24, 2.45) is 5.73 Å². The van der Waals surface area contributed by atoms with Crippen LogP contribution in [0.1, 0.15) is 50.5 Å². The molecule has 1 aliphatic rings. The van der Waals surface area contributed by atoms with Crippen LogP contribution in [0.25, 0.3) is 0 Å². The van der Waals surface area contributed by atoms with Crippen molar-refractivity contribution in [2.75, 3.05) is 19.7 Å². The van der Waals surface area contributed by atoms with Crippen LogP contribution < -0.4 is 11.1 Å². The molecule has 0 aromatic heterocycles. The van der Waals surface area contributed by atoms with E-state index >= 15 is 0 Å². The van der Waals surface area contributed by atoms with Crippen molar-refractivity contribution in [3.05, 3.63) is 59.7 Å². The van der Waals surface area contributed by atoms with Crippen LogP contribution in [-0.2, 0) is 9.53 Å². The fourth-order valence-electron chi connectivity index (χ4n) is 3.41. The van der Waals surface area contributed by atoms with E-state index in [1.165, 1.54) is 18.4 Å². The van der Waals surface area contributed by atoms with E-state index < -0.39 is 0 Å². The first-order valence-corrected chi connectivity index (χ1v) is 9.75. The molecule has 4 nitrogen and oxygen atoms in total. The Labute approximate surface area is 157 Å². The molecule has 0 heterocycles. The normalized spacial score (nSPS) is 21.1. The van der Waals surface area contributed by atoms with Gasteiger partial charge in [-0.2, -0.15) is 0 Å². The van der Waals surface area contributed by atoms with Crippen molar-refractivity contribution in [3.63, 3.8) is 0 Å². The highest BCUT2D eigenvalue weighted by molar-refractivity contribution is 5.93. The summed E-state index contributed by atoms with van der Waals surface area (Å²) in [6, 6.07) is 10.8. The summed E-state index contributed by atoms with van der Waals surface area (Å²) in [4.78, 5) is 12.1. The highest BCUT2D eigenvalue weighted by Crippen LogP contribution is 2.33. The predicted molar refractivity (Wildman–Crippen MR) is 107 cm³/mol. The number of hydrogen-bond donors (Lipinski definition) is 2. The second-order valence-electron chi connectivity index (χ2n) is 6.72. The number of nitrogens with two attached hydrogens (primary N) is 1. The molecule has 1 fully saturated rings. The number of allylic oxidation sites excluding steroid dienone is 2. The van der Waals surface area contributed by atoms with Crippen molar-refractivity contribution in [1.29, 1.82) is 0 Å². The third kappa shape index (κ3) is 6.77. The summed E-state index contributed by atoms with van der Waals surface area (Å²) in [6.45, 7) is 3.58. The third-order valence-corrected chi connectivity index (χ3v) is 4.93. The fourth-order valence-corrected chi connectivity index (χ4v) is 3.41. The fraction of sp³-hybridized carbons (Fsp3) is 0.500. The zero-order valence-electron chi connectivity index (χ0n) is 15.8. The average molecular weight is 357 g/mol. The molecule has 3 N–H and O–H groups in total. The molecule has 1 saturated carbocycles. The third-order valence-electron chi connectivity index (χ3n) is 4.93. The van der Waals surface area contributed by atoms with E-state index in [1.54, 1.807) is 0 Å². The zero-order valence-corrected chi connectivity index (χ0v) is 15.8. The van der Waals surface area contributed by atoms with E-state index in [9.17, 15) is 4.79 Å². The molecular formula is C22H32N2O2. The summed E-state index contributed by atoms with van der Waals surface area (Å²) in [5, 5.41) is 2.94. The molecule has 4 heteroatoms. The largest absolute Gasteiger partial charge is 0.376 e. The topological polar surface area (TPSA) is 64.4 Å². The lowest BCUT2D eigenvalue weighted by Crippen LogP contribution is -2.30.